The predicted molar refractivity (Wildman–Crippen MR) is 85.2 cm³/mol. The van der Waals surface area contributed by atoms with Crippen LogP contribution in [0.5, 0.6) is 0 Å². The monoisotopic (exact) mass is 298 g/mol. The smallest absolute Gasteiger partial charge is 0.435 e. The topological polar surface area (TPSA) is 44.1 Å². The summed E-state index contributed by atoms with van der Waals surface area (Å²) in [6.45, 7) is 7.54. The molecule has 1 atom stereocenters. The van der Waals surface area contributed by atoms with Crippen molar-refractivity contribution in [2.75, 3.05) is 0 Å². The summed E-state index contributed by atoms with van der Waals surface area (Å²) in [6, 6.07) is 10.4. The molecule has 0 amide bonds. The fraction of sp³-hybridized carbons (Fsp3) is 0.444. The molecule has 0 aliphatic heterocycles. The molecule has 0 bridgehead atoms. The van der Waals surface area contributed by atoms with Gasteiger partial charge < -0.3 is 4.74 Å². The van der Waals surface area contributed by atoms with Gasteiger partial charge in [0.2, 0.25) is 0 Å². The minimum Gasteiger partial charge on any atom is -0.442 e. The van der Waals surface area contributed by atoms with Crippen LogP contribution >= 0.6 is 0 Å². The quantitative estimate of drug-likeness (QED) is 0.797. The molecule has 1 aromatic carbocycles. The van der Waals surface area contributed by atoms with Crippen LogP contribution in [0, 0.1) is 6.92 Å². The average Bonchev–Trinajstić information content (AvgIpc) is 2.99. The van der Waals surface area contributed by atoms with Crippen molar-refractivity contribution in [3.8, 4) is 0 Å². The molecule has 0 spiro atoms. The zero-order chi connectivity index (χ0) is 15.9. The Morgan fingerprint density at radius 1 is 1.27 bits per heavy atom. The minimum atomic E-state index is -0.515. The zero-order valence-corrected chi connectivity index (χ0v) is 13.6. The maximum Gasteiger partial charge on any atom is 0.435 e. The highest BCUT2D eigenvalue weighted by molar-refractivity contribution is 5.71. The lowest BCUT2D eigenvalue weighted by molar-refractivity contribution is 0.0510. The summed E-state index contributed by atoms with van der Waals surface area (Å²) in [5, 5.41) is 4.57. The Hall–Kier alpha value is -2.10. The van der Waals surface area contributed by atoms with E-state index in [4.69, 9.17) is 4.74 Å². The van der Waals surface area contributed by atoms with Crippen LogP contribution in [0.25, 0.3) is 0 Å². The van der Waals surface area contributed by atoms with Crippen LogP contribution < -0.4 is 0 Å². The third-order valence-electron chi connectivity index (χ3n) is 4.05. The maximum absolute atomic E-state index is 12.3. The molecule has 1 aliphatic carbocycles. The molecule has 0 N–H and O–H groups in total. The summed E-state index contributed by atoms with van der Waals surface area (Å²) < 4.78 is 6.87. The highest BCUT2D eigenvalue weighted by atomic mass is 16.6. The number of benzene rings is 1. The van der Waals surface area contributed by atoms with E-state index in [9.17, 15) is 4.79 Å². The average molecular weight is 298 g/mol. The zero-order valence-electron chi connectivity index (χ0n) is 13.6. The van der Waals surface area contributed by atoms with Crippen molar-refractivity contribution in [2.45, 2.75) is 52.1 Å². The Morgan fingerprint density at radius 2 is 1.95 bits per heavy atom. The van der Waals surface area contributed by atoms with Gasteiger partial charge in [0.05, 0.1) is 11.4 Å². The number of fused-ring (bicyclic) bond motifs is 1. The standard InChI is InChI=1S/C18H22N2O2/c1-12-14-10-11-15(13-8-6-5-7-9-13)16(14)19-20(12)17(21)22-18(2,3)4/h5-9,15H,10-11H2,1-4H3. The second kappa shape index (κ2) is 5.27. The van der Waals surface area contributed by atoms with E-state index < -0.39 is 11.7 Å². The molecule has 1 aliphatic rings. The van der Waals surface area contributed by atoms with Gasteiger partial charge in [-0.25, -0.2) is 4.79 Å². The number of aromatic nitrogens is 2. The first kappa shape index (κ1) is 14.8. The number of hydrogen-bond donors (Lipinski definition) is 0. The molecule has 0 saturated carbocycles. The first-order valence-electron chi connectivity index (χ1n) is 7.73. The second-order valence-electron chi connectivity index (χ2n) is 6.84. The van der Waals surface area contributed by atoms with E-state index in [0.29, 0.717) is 0 Å². The number of rotatable bonds is 1. The van der Waals surface area contributed by atoms with E-state index in [0.717, 1.165) is 24.2 Å². The lowest BCUT2D eigenvalue weighted by Gasteiger charge is -2.19. The first-order chi connectivity index (χ1) is 10.4. The Morgan fingerprint density at radius 3 is 2.59 bits per heavy atom. The van der Waals surface area contributed by atoms with Gasteiger partial charge in [-0.05, 0) is 51.7 Å². The van der Waals surface area contributed by atoms with Crippen molar-refractivity contribution in [1.82, 2.24) is 9.78 Å². The number of carbonyl (C=O) groups excluding carboxylic acids is 1. The van der Waals surface area contributed by atoms with Crippen LogP contribution in [-0.2, 0) is 11.2 Å². The summed E-state index contributed by atoms with van der Waals surface area (Å²) >= 11 is 0. The van der Waals surface area contributed by atoms with Gasteiger partial charge in [0.1, 0.15) is 5.60 Å². The molecular formula is C18H22N2O2. The number of ether oxygens (including phenoxy) is 1. The number of carbonyl (C=O) groups is 1. The lowest BCUT2D eigenvalue weighted by Crippen LogP contribution is -2.28. The summed E-state index contributed by atoms with van der Waals surface area (Å²) in [5.74, 6) is 0.276. The highest BCUT2D eigenvalue weighted by Crippen LogP contribution is 2.38. The fourth-order valence-electron chi connectivity index (χ4n) is 3.06. The predicted octanol–water partition coefficient (Wildman–Crippen LogP) is 4.05. The van der Waals surface area contributed by atoms with E-state index in [1.807, 2.05) is 45.9 Å². The SMILES string of the molecule is Cc1c2c(nn1C(=O)OC(C)(C)C)C(c1ccccc1)CC2. The van der Waals surface area contributed by atoms with Gasteiger partial charge >= 0.3 is 6.09 Å². The third-order valence-corrected chi connectivity index (χ3v) is 4.05. The van der Waals surface area contributed by atoms with Crippen LogP contribution in [0.15, 0.2) is 30.3 Å². The van der Waals surface area contributed by atoms with Gasteiger partial charge in [0.25, 0.3) is 0 Å². The summed E-state index contributed by atoms with van der Waals surface area (Å²) in [7, 11) is 0. The molecule has 2 aromatic rings. The van der Waals surface area contributed by atoms with Crippen molar-refractivity contribution in [2.24, 2.45) is 0 Å². The van der Waals surface area contributed by atoms with Crippen molar-refractivity contribution >= 4 is 6.09 Å². The van der Waals surface area contributed by atoms with E-state index in [1.165, 1.54) is 15.8 Å². The lowest BCUT2D eigenvalue weighted by atomic mass is 9.97. The molecule has 4 nitrogen and oxygen atoms in total. The van der Waals surface area contributed by atoms with Gasteiger partial charge in [-0.3, -0.25) is 0 Å². The molecule has 1 unspecified atom stereocenters. The van der Waals surface area contributed by atoms with E-state index in [1.54, 1.807) is 0 Å². The van der Waals surface area contributed by atoms with E-state index >= 15 is 0 Å². The molecule has 1 aromatic heterocycles. The largest absolute Gasteiger partial charge is 0.442 e. The molecule has 0 fully saturated rings. The maximum atomic E-state index is 12.3. The van der Waals surface area contributed by atoms with Crippen molar-refractivity contribution in [1.29, 1.82) is 0 Å². The Labute approximate surface area is 131 Å². The van der Waals surface area contributed by atoms with E-state index in [-0.39, 0.29) is 5.92 Å². The molecule has 3 rings (SSSR count). The molecule has 0 saturated heterocycles. The van der Waals surface area contributed by atoms with Crippen LogP contribution in [-0.4, -0.2) is 21.5 Å². The van der Waals surface area contributed by atoms with E-state index in [2.05, 4.69) is 17.2 Å². The molecule has 4 heteroatoms. The van der Waals surface area contributed by atoms with Crippen molar-refractivity contribution < 1.29 is 9.53 Å². The Balaban J connectivity index is 1.94. The van der Waals surface area contributed by atoms with Crippen LogP contribution in [0.1, 0.15) is 55.6 Å². The van der Waals surface area contributed by atoms with Gasteiger partial charge in [0.15, 0.2) is 0 Å². The summed E-state index contributed by atoms with van der Waals surface area (Å²) in [5.41, 5.74) is 3.87. The minimum absolute atomic E-state index is 0.276. The van der Waals surface area contributed by atoms with Gasteiger partial charge in [0, 0.05) is 5.92 Å². The molecule has 0 radical (unpaired) electrons. The normalized spacial score (nSPS) is 17.4. The third kappa shape index (κ3) is 2.65. The number of nitrogens with zero attached hydrogens (tertiary/aromatic N) is 2. The van der Waals surface area contributed by atoms with Gasteiger partial charge in [-0.1, -0.05) is 30.3 Å². The van der Waals surface area contributed by atoms with Gasteiger partial charge in [-0.15, -0.1) is 0 Å². The van der Waals surface area contributed by atoms with Crippen LogP contribution in [0.3, 0.4) is 0 Å². The van der Waals surface area contributed by atoms with Crippen molar-refractivity contribution in [3.63, 3.8) is 0 Å². The molecular weight excluding hydrogens is 276 g/mol. The molecule has 1 heterocycles. The highest BCUT2D eigenvalue weighted by Gasteiger charge is 2.32. The van der Waals surface area contributed by atoms with Crippen LogP contribution in [0.4, 0.5) is 4.79 Å². The Kier molecular flexibility index (Phi) is 3.55. The van der Waals surface area contributed by atoms with Gasteiger partial charge in [-0.2, -0.15) is 9.78 Å². The van der Waals surface area contributed by atoms with Crippen LogP contribution in [0.2, 0.25) is 0 Å². The first-order valence-corrected chi connectivity index (χ1v) is 7.73. The summed E-state index contributed by atoms with van der Waals surface area (Å²) in [4.78, 5) is 12.3. The second-order valence-corrected chi connectivity index (χ2v) is 6.84. The number of hydrogen-bond acceptors (Lipinski definition) is 3. The molecule has 22 heavy (non-hydrogen) atoms. The fourth-order valence-corrected chi connectivity index (χ4v) is 3.06. The molecule has 116 valence electrons. The van der Waals surface area contributed by atoms with Crippen molar-refractivity contribution in [3.05, 3.63) is 52.8 Å². The Bertz CT molecular complexity index is 696. The summed E-state index contributed by atoms with van der Waals surface area (Å²) in [6.07, 6.45) is 1.62.